The van der Waals surface area contributed by atoms with E-state index < -0.39 is 143 Å². The normalized spacial score (nSPS) is 28.8. The van der Waals surface area contributed by atoms with Crippen LogP contribution in [0.1, 0.15) is 168 Å². The molecule has 89 heavy (non-hydrogen) atoms. The molecule has 0 saturated carbocycles. The Kier molecular flexibility index (Phi) is 41.4. The molecule has 2 amide bonds. The second kappa shape index (κ2) is 46.0. The molecule has 0 radical (unpaired) electrons. The number of esters is 2. The number of unbranched alkanes of at least 4 members (excludes halogenated alkanes) is 15. The van der Waals surface area contributed by atoms with Gasteiger partial charge in [-0.25, -0.2) is 0 Å². The van der Waals surface area contributed by atoms with Crippen LogP contribution in [-0.4, -0.2) is 239 Å². The van der Waals surface area contributed by atoms with Gasteiger partial charge in [-0.3, -0.25) is 23.7 Å². The van der Waals surface area contributed by atoms with Crippen molar-refractivity contribution in [3.05, 3.63) is 24.3 Å². The molecule has 3 aliphatic heterocycles. The highest BCUT2D eigenvalue weighted by atomic mass is 31.2. The molecule has 27 nitrogen and oxygen atoms in total. The fraction of sp³-hybridized carbons (Fsp3) is 0.869. The molecular weight excluding hydrogens is 1190 g/mol. The van der Waals surface area contributed by atoms with E-state index in [1.54, 1.807) is 12.2 Å². The number of aliphatic hydroxyl groups excluding tert-OH is 10. The molecule has 0 aliphatic carbocycles. The molecule has 3 heterocycles. The van der Waals surface area contributed by atoms with Crippen molar-refractivity contribution < 1.29 is 122 Å². The summed E-state index contributed by atoms with van der Waals surface area (Å²) in [6, 6.07) is 0. The monoisotopic (exact) mass is 1300 g/mol. The molecule has 3 fully saturated rings. The maximum absolute atomic E-state index is 13.3. The van der Waals surface area contributed by atoms with Crippen molar-refractivity contribution in [3.63, 3.8) is 0 Å². The van der Waals surface area contributed by atoms with E-state index in [4.69, 9.17) is 46.9 Å². The maximum Gasteiger partial charge on any atom is 0.327 e. The zero-order chi connectivity index (χ0) is 65.6. The lowest BCUT2D eigenvalue weighted by molar-refractivity contribution is -0.379. The van der Waals surface area contributed by atoms with Crippen molar-refractivity contribution in [1.29, 1.82) is 0 Å². The van der Waals surface area contributed by atoms with Gasteiger partial charge in [-0.1, -0.05) is 115 Å². The molecule has 0 aromatic rings. The summed E-state index contributed by atoms with van der Waals surface area (Å²) >= 11 is 0. The first-order valence-corrected chi connectivity index (χ1v) is 34.3. The predicted octanol–water partition coefficient (Wildman–Crippen LogP) is 2.76. The summed E-state index contributed by atoms with van der Waals surface area (Å²) in [5.41, 5.74) is 0. The van der Waals surface area contributed by atoms with Gasteiger partial charge in [0.2, 0.25) is 11.8 Å². The summed E-state index contributed by atoms with van der Waals surface area (Å²) in [4.78, 5) is 51.3. The van der Waals surface area contributed by atoms with Gasteiger partial charge in [0.25, 0.3) is 0 Å². The Morgan fingerprint density at radius 3 is 1.56 bits per heavy atom. The third-order valence-corrected chi connectivity index (χ3v) is 16.8. The molecule has 0 aromatic carbocycles. The van der Waals surface area contributed by atoms with E-state index in [1.807, 2.05) is 6.92 Å². The number of ether oxygens (including phenoxy) is 8. The molecule has 12 N–H and O–H groups in total. The average molecular weight is 1300 g/mol. The highest BCUT2D eigenvalue weighted by Gasteiger charge is 2.53. The SMILES string of the molecule is C/C=C/C(CCCCCC)C(=O)OC[C@@H](COP(C)(=O)OCCNC(=O)CCCCC(=O)NCCO[C@@H]1OC(CO)[C@H](O[C@@H]2OC(CO)[C@H](O[C@@H]3OC(CO)[C@H](O)[C@H](O)C3O)[C@H](O)C2O)[C@H](O)C1O)OC(=O)CCCCCCC/C=C\CCCCCCCC. The van der Waals surface area contributed by atoms with Crippen molar-refractivity contribution in [2.24, 2.45) is 5.92 Å². The number of carbonyl (C=O) groups is 4. The van der Waals surface area contributed by atoms with Gasteiger partial charge in [-0.15, -0.1) is 0 Å². The van der Waals surface area contributed by atoms with Crippen molar-refractivity contribution in [1.82, 2.24) is 10.6 Å². The molecule has 28 heteroatoms. The number of amides is 2. The zero-order valence-corrected chi connectivity index (χ0v) is 53.7. The molecule has 3 rings (SSSR count). The van der Waals surface area contributed by atoms with Crippen LogP contribution in [0, 0.1) is 5.92 Å². The van der Waals surface area contributed by atoms with Crippen LogP contribution in [0.2, 0.25) is 0 Å². The molecule has 518 valence electrons. The fourth-order valence-electron chi connectivity index (χ4n) is 10.3. The van der Waals surface area contributed by atoms with Crippen molar-refractivity contribution >= 4 is 31.3 Å². The number of hydrogen-bond acceptors (Lipinski definition) is 25. The molecule has 8 unspecified atom stereocenters. The lowest BCUT2D eigenvalue weighted by atomic mass is 9.96. The van der Waals surface area contributed by atoms with Gasteiger partial charge in [0.15, 0.2) is 25.0 Å². The minimum atomic E-state index is -3.74. The van der Waals surface area contributed by atoms with E-state index in [1.165, 1.54) is 45.2 Å². The van der Waals surface area contributed by atoms with Crippen LogP contribution in [0.25, 0.3) is 0 Å². The van der Waals surface area contributed by atoms with E-state index >= 15 is 0 Å². The van der Waals surface area contributed by atoms with Crippen LogP contribution in [0.3, 0.4) is 0 Å². The molecule has 18 atom stereocenters. The smallest absolute Gasteiger partial charge is 0.327 e. The summed E-state index contributed by atoms with van der Waals surface area (Å²) in [5.74, 6) is -2.13. The van der Waals surface area contributed by atoms with Crippen LogP contribution in [0.15, 0.2) is 24.3 Å². The maximum atomic E-state index is 13.3. The van der Waals surface area contributed by atoms with Crippen molar-refractivity contribution in [2.45, 2.75) is 267 Å². The Bertz CT molecular complexity index is 2040. The number of nitrogens with one attached hydrogen (secondary N) is 2. The van der Waals surface area contributed by atoms with Gasteiger partial charge in [0, 0.05) is 39.0 Å². The molecular formula is C61H109N2O25P. The highest BCUT2D eigenvalue weighted by Crippen LogP contribution is 2.44. The Hall–Kier alpha value is -3.13. The largest absolute Gasteiger partial charge is 0.461 e. The van der Waals surface area contributed by atoms with Gasteiger partial charge < -0.3 is 109 Å². The average Bonchev–Trinajstić information content (AvgIpc) is 0.935. The van der Waals surface area contributed by atoms with E-state index in [-0.39, 0.29) is 70.6 Å². The number of hydrogen-bond donors (Lipinski definition) is 12. The molecule has 0 spiro atoms. The van der Waals surface area contributed by atoms with Crippen molar-refractivity contribution in [2.75, 3.05) is 66.0 Å². The molecule has 3 saturated heterocycles. The third kappa shape index (κ3) is 30.7. The van der Waals surface area contributed by atoms with Gasteiger partial charge in [0.05, 0.1) is 45.6 Å². The molecule has 3 aliphatic rings. The highest BCUT2D eigenvalue weighted by molar-refractivity contribution is 7.52. The number of allylic oxidation sites excluding steroid dienone is 3. The van der Waals surface area contributed by atoms with E-state index in [0.29, 0.717) is 25.7 Å². The number of aliphatic hydroxyl groups is 10. The van der Waals surface area contributed by atoms with Crippen molar-refractivity contribution in [3.8, 4) is 0 Å². The second-order valence-electron chi connectivity index (χ2n) is 23.0. The quantitative estimate of drug-likeness (QED) is 0.0180. The van der Waals surface area contributed by atoms with Crippen LogP contribution < -0.4 is 10.6 Å². The lowest BCUT2D eigenvalue weighted by Gasteiger charge is -2.48. The summed E-state index contributed by atoms with van der Waals surface area (Å²) in [5, 5.41) is 109. The van der Waals surface area contributed by atoms with Crippen LogP contribution in [0.4, 0.5) is 0 Å². The summed E-state index contributed by atoms with van der Waals surface area (Å²) < 4.78 is 69.1. The number of carbonyl (C=O) groups excluding carboxylic acids is 4. The number of rotatable bonds is 48. The van der Waals surface area contributed by atoms with E-state index in [0.717, 1.165) is 64.2 Å². The minimum absolute atomic E-state index is 0.0107. The predicted molar refractivity (Wildman–Crippen MR) is 322 cm³/mol. The Morgan fingerprint density at radius 1 is 0.539 bits per heavy atom. The van der Waals surface area contributed by atoms with Gasteiger partial charge in [-0.2, -0.15) is 0 Å². The van der Waals surface area contributed by atoms with Gasteiger partial charge >= 0.3 is 19.5 Å². The first-order valence-electron chi connectivity index (χ1n) is 32.3. The standard InChI is InChI=1S/C61H109N2O25P/c1-5-8-10-12-13-14-15-16-17-18-19-20-21-22-24-31-48(69)83-42(39-80-58(77)41(27-7-3)28-23-11-9-6-2)40-82-89(4,78)81-35-33-63-47(68)30-26-25-29-46(67)62-32-34-79-59-54(75)51(72)56(44(37-65)85-59)88-61-55(76)52(73)57(45(38-66)86-61)87-60-53(74)50(71)49(70)43(36-64)84-60/h7,16-17,27,41-45,49-57,59-61,64-66,70-76H,5-6,8-15,18-26,28-40H2,1-4H3,(H,62,67)(H,63,68)/b17-16-,27-7+/t41?,42-,43?,44?,45?,49-,50-,51+,52+,53?,54?,55?,56-,57-,59+,60-,61-,89?/m0/s1. The third-order valence-electron chi connectivity index (χ3n) is 15.5. The summed E-state index contributed by atoms with van der Waals surface area (Å²) in [6.45, 7) is 3.79. The van der Waals surface area contributed by atoms with Crippen LogP contribution in [0.5, 0.6) is 0 Å². The lowest BCUT2D eigenvalue weighted by Crippen LogP contribution is -2.66. The Labute approximate surface area is 525 Å². The Morgan fingerprint density at radius 2 is 1.01 bits per heavy atom. The summed E-state index contributed by atoms with van der Waals surface area (Å²) in [7, 11) is -3.74. The van der Waals surface area contributed by atoms with Gasteiger partial charge in [-0.05, 0) is 58.3 Å². The zero-order valence-electron chi connectivity index (χ0n) is 52.8. The Balaban J connectivity index is 1.35. The summed E-state index contributed by atoms with van der Waals surface area (Å²) in [6.07, 6.45) is 1.42. The van der Waals surface area contributed by atoms with E-state index in [9.17, 15) is 74.8 Å². The van der Waals surface area contributed by atoms with Crippen LogP contribution in [-0.2, 0) is 70.7 Å². The minimum Gasteiger partial charge on any atom is -0.461 e. The van der Waals surface area contributed by atoms with E-state index in [2.05, 4.69) is 36.6 Å². The van der Waals surface area contributed by atoms with Crippen LogP contribution >= 0.6 is 7.60 Å². The molecule has 0 bridgehead atoms. The first-order chi connectivity index (χ1) is 42.7. The topological polar surface area (TPSA) is 404 Å². The second-order valence-corrected chi connectivity index (χ2v) is 25.1. The first kappa shape index (κ1) is 80.1. The fourth-order valence-corrected chi connectivity index (χ4v) is 11.2. The molecule has 0 aromatic heterocycles. The van der Waals surface area contributed by atoms with Gasteiger partial charge in [0.1, 0.15) is 79.9 Å².